The molecule has 0 aromatic carbocycles. The van der Waals surface area contributed by atoms with E-state index in [1.807, 2.05) is 12.0 Å². The molecular weight excluding hydrogens is 299 g/mol. The molecular formula is C14H20F3N3O2. The molecule has 1 aromatic rings. The number of H-pyrrole nitrogens is 1. The monoisotopic (exact) mass is 319 g/mol. The van der Waals surface area contributed by atoms with E-state index in [0.717, 1.165) is 31.7 Å². The summed E-state index contributed by atoms with van der Waals surface area (Å²) in [5, 5.41) is 15.0. The highest BCUT2D eigenvalue weighted by molar-refractivity contribution is 5.92. The van der Waals surface area contributed by atoms with Crippen molar-refractivity contribution in [3.63, 3.8) is 0 Å². The van der Waals surface area contributed by atoms with Crippen molar-refractivity contribution in [1.82, 2.24) is 15.1 Å². The van der Waals surface area contributed by atoms with Crippen molar-refractivity contribution in [2.45, 2.75) is 38.8 Å². The number of rotatable bonds is 4. The van der Waals surface area contributed by atoms with Crippen LogP contribution in [0.15, 0.2) is 6.07 Å². The molecule has 0 bridgehead atoms. The summed E-state index contributed by atoms with van der Waals surface area (Å²) in [5.41, 5.74) is -1.63. The zero-order valence-corrected chi connectivity index (χ0v) is 12.4. The first-order valence-electron chi connectivity index (χ1n) is 7.34. The zero-order valence-electron chi connectivity index (χ0n) is 12.4. The number of alkyl halides is 3. The smallest absolute Gasteiger partial charge is 0.396 e. The van der Waals surface area contributed by atoms with Gasteiger partial charge < -0.3 is 10.0 Å². The summed E-state index contributed by atoms with van der Waals surface area (Å²) in [5.74, 6) is -0.527. The van der Waals surface area contributed by atoms with Crippen molar-refractivity contribution in [1.29, 1.82) is 0 Å². The van der Waals surface area contributed by atoms with Crippen LogP contribution in [0, 0.1) is 5.41 Å². The number of piperidine rings is 1. The van der Waals surface area contributed by atoms with Crippen molar-refractivity contribution >= 4 is 5.91 Å². The molecule has 124 valence electrons. The van der Waals surface area contributed by atoms with Gasteiger partial charge in [0, 0.05) is 24.6 Å². The second-order valence-electron chi connectivity index (χ2n) is 5.90. The van der Waals surface area contributed by atoms with E-state index >= 15 is 0 Å². The molecule has 1 amide bonds. The van der Waals surface area contributed by atoms with Crippen LogP contribution in [-0.4, -0.2) is 45.8 Å². The highest BCUT2D eigenvalue weighted by atomic mass is 19.4. The Morgan fingerprint density at radius 3 is 2.82 bits per heavy atom. The Kier molecular flexibility index (Phi) is 4.79. The third-order valence-electron chi connectivity index (χ3n) is 4.17. The lowest BCUT2D eigenvalue weighted by molar-refractivity contribution is -0.141. The number of halogens is 3. The number of aromatic nitrogens is 2. The van der Waals surface area contributed by atoms with Gasteiger partial charge in [-0.2, -0.15) is 18.3 Å². The van der Waals surface area contributed by atoms with E-state index in [2.05, 4.69) is 5.10 Å². The van der Waals surface area contributed by atoms with Crippen LogP contribution in [0.25, 0.3) is 0 Å². The molecule has 2 rings (SSSR count). The summed E-state index contributed by atoms with van der Waals surface area (Å²) in [6, 6.07) is 0.734. The minimum absolute atomic E-state index is 0.0288. The van der Waals surface area contributed by atoms with Gasteiger partial charge >= 0.3 is 6.18 Å². The van der Waals surface area contributed by atoms with Crippen LogP contribution in [-0.2, 0) is 6.18 Å². The SMILES string of the molecule is CCC[C@@]1(CO)CCCN(C(=O)c2cc(C(F)(F)F)[nH]n2)C1. The number of nitrogens with zero attached hydrogens (tertiary/aromatic N) is 2. The van der Waals surface area contributed by atoms with Crippen molar-refractivity contribution in [3.8, 4) is 0 Å². The quantitative estimate of drug-likeness (QED) is 0.895. The maximum absolute atomic E-state index is 12.6. The Morgan fingerprint density at radius 2 is 2.27 bits per heavy atom. The lowest BCUT2D eigenvalue weighted by Crippen LogP contribution is -2.48. The van der Waals surface area contributed by atoms with Gasteiger partial charge in [0.05, 0.1) is 6.61 Å². The van der Waals surface area contributed by atoms with E-state index in [4.69, 9.17) is 0 Å². The van der Waals surface area contributed by atoms with E-state index in [1.54, 1.807) is 0 Å². The standard InChI is InChI=1S/C14H20F3N3O2/c1-2-4-13(9-21)5-3-6-20(8-13)12(22)10-7-11(19-18-10)14(15,16)17/h7,21H,2-6,8-9H2,1H3,(H,18,19)/t13-/m1/s1. The molecule has 1 fully saturated rings. The Bertz CT molecular complexity index is 526. The van der Waals surface area contributed by atoms with Crippen LogP contribution in [0.5, 0.6) is 0 Å². The molecule has 22 heavy (non-hydrogen) atoms. The summed E-state index contributed by atoms with van der Waals surface area (Å²) >= 11 is 0. The maximum atomic E-state index is 12.6. The van der Waals surface area contributed by atoms with E-state index in [9.17, 15) is 23.1 Å². The van der Waals surface area contributed by atoms with Crippen molar-refractivity contribution in [3.05, 3.63) is 17.5 Å². The number of carbonyl (C=O) groups excluding carboxylic acids is 1. The molecule has 1 aliphatic rings. The van der Waals surface area contributed by atoms with E-state index < -0.39 is 17.8 Å². The second-order valence-corrected chi connectivity index (χ2v) is 5.90. The second kappa shape index (κ2) is 6.28. The molecule has 5 nitrogen and oxygen atoms in total. The highest BCUT2D eigenvalue weighted by Crippen LogP contribution is 2.35. The van der Waals surface area contributed by atoms with E-state index in [1.165, 1.54) is 4.90 Å². The van der Waals surface area contributed by atoms with Crippen molar-refractivity contribution in [2.75, 3.05) is 19.7 Å². The molecule has 1 saturated heterocycles. The topological polar surface area (TPSA) is 69.2 Å². The fourth-order valence-electron chi connectivity index (χ4n) is 3.06. The Morgan fingerprint density at radius 1 is 1.55 bits per heavy atom. The molecule has 0 saturated carbocycles. The van der Waals surface area contributed by atoms with Gasteiger partial charge in [0.25, 0.3) is 5.91 Å². The van der Waals surface area contributed by atoms with Gasteiger partial charge in [-0.1, -0.05) is 13.3 Å². The number of nitrogens with one attached hydrogen (secondary N) is 1. The van der Waals surface area contributed by atoms with E-state index in [0.29, 0.717) is 13.1 Å². The molecule has 1 aromatic heterocycles. The molecule has 0 aliphatic carbocycles. The number of carbonyl (C=O) groups is 1. The van der Waals surface area contributed by atoms with Crippen LogP contribution < -0.4 is 0 Å². The van der Waals surface area contributed by atoms with Gasteiger partial charge in [0.15, 0.2) is 5.69 Å². The molecule has 8 heteroatoms. The molecule has 0 spiro atoms. The number of hydrogen-bond donors (Lipinski definition) is 2. The van der Waals surface area contributed by atoms with Crippen LogP contribution in [0.2, 0.25) is 0 Å². The molecule has 2 heterocycles. The predicted molar refractivity (Wildman–Crippen MR) is 73.2 cm³/mol. The van der Waals surface area contributed by atoms with Crippen LogP contribution in [0.3, 0.4) is 0 Å². The summed E-state index contributed by atoms with van der Waals surface area (Å²) in [4.78, 5) is 13.8. The molecule has 0 radical (unpaired) electrons. The molecule has 0 unspecified atom stereocenters. The van der Waals surface area contributed by atoms with Gasteiger partial charge in [-0.3, -0.25) is 9.89 Å². The minimum atomic E-state index is -4.55. The Hall–Kier alpha value is -1.57. The Balaban J connectivity index is 2.13. The number of aromatic amines is 1. The summed E-state index contributed by atoms with van der Waals surface area (Å²) in [6.07, 6.45) is -1.35. The summed E-state index contributed by atoms with van der Waals surface area (Å²) in [6.45, 7) is 2.80. The van der Waals surface area contributed by atoms with Gasteiger partial charge in [-0.25, -0.2) is 0 Å². The number of likely N-dealkylation sites (tertiary alicyclic amines) is 1. The summed E-state index contributed by atoms with van der Waals surface area (Å²) < 4.78 is 37.7. The first kappa shape index (κ1) is 16.8. The molecule has 2 N–H and O–H groups in total. The summed E-state index contributed by atoms with van der Waals surface area (Å²) in [7, 11) is 0. The van der Waals surface area contributed by atoms with Gasteiger partial charge in [0.1, 0.15) is 5.69 Å². The first-order valence-corrected chi connectivity index (χ1v) is 7.34. The van der Waals surface area contributed by atoms with Crippen LogP contribution in [0.4, 0.5) is 13.2 Å². The number of hydrogen-bond acceptors (Lipinski definition) is 3. The van der Waals surface area contributed by atoms with Gasteiger partial charge in [-0.05, 0) is 19.3 Å². The number of aliphatic hydroxyl groups is 1. The maximum Gasteiger partial charge on any atom is 0.432 e. The van der Waals surface area contributed by atoms with Crippen LogP contribution >= 0.6 is 0 Å². The number of aliphatic hydroxyl groups excluding tert-OH is 1. The number of amides is 1. The Labute approximate surface area is 126 Å². The third-order valence-corrected chi connectivity index (χ3v) is 4.17. The lowest BCUT2D eigenvalue weighted by atomic mass is 9.77. The third kappa shape index (κ3) is 3.43. The van der Waals surface area contributed by atoms with E-state index in [-0.39, 0.29) is 17.7 Å². The fraction of sp³-hybridized carbons (Fsp3) is 0.714. The minimum Gasteiger partial charge on any atom is -0.396 e. The first-order chi connectivity index (χ1) is 10.3. The lowest BCUT2D eigenvalue weighted by Gasteiger charge is -2.41. The highest BCUT2D eigenvalue weighted by Gasteiger charge is 2.38. The average molecular weight is 319 g/mol. The molecule has 1 aliphatic heterocycles. The fourth-order valence-corrected chi connectivity index (χ4v) is 3.06. The van der Waals surface area contributed by atoms with Gasteiger partial charge in [-0.15, -0.1) is 0 Å². The van der Waals surface area contributed by atoms with Crippen molar-refractivity contribution < 1.29 is 23.1 Å². The van der Waals surface area contributed by atoms with Gasteiger partial charge in [0.2, 0.25) is 0 Å². The normalized spacial score (nSPS) is 22.9. The zero-order chi connectivity index (χ0) is 16.4. The average Bonchev–Trinajstić information content (AvgIpc) is 2.97. The predicted octanol–water partition coefficient (Wildman–Crippen LogP) is 2.44. The van der Waals surface area contributed by atoms with Crippen molar-refractivity contribution in [2.24, 2.45) is 5.41 Å². The molecule has 1 atom stereocenters. The largest absolute Gasteiger partial charge is 0.432 e. The van der Waals surface area contributed by atoms with Crippen LogP contribution in [0.1, 0.15) is 48.8 Å².